The maximum Gasteiger partial charge on any atom is 0.127 e. The third-order valence-electron chi connectivity index (χ3n) is 2.67. The molecule has 3 nitrogen and oxygen atoms in total. The maximum absolute atomic E-state index is 5.73. The SMILES string of the molecule is COCCOCCOc1cccc2ccccc12. The fraction of sp³-hybridized carbons (Fsp3) is 0.333. The zero-order valence-corrected chi connectivity index (χ0v) is 10.6. The van der Waals surface area contributed by atoms with Gasteiger partial charge in [-0.1, -0.05) is 36.4 Å². The van der Waals surface area contributed by atoms with E-state index in [-0.39, 0.29) is 0 Å². The van der Waals surface area contributed by atoms with Crippen LogP contribution in [0.25, 0.3) is 10.8 Å². The van der Waals surface area contributed by atoms with Crippen molar-refractivity contribution < 1.29 is 14.2 Å². The molecule has 0 spiro atoms. The molecule has 0 aromatic heterocycles. The van der Waals surface area contributed by atoms with Gasteiger partial charge in [0.15, 0.2) is 0 Å². The Morgan fingerprint density at radius 2 is 1.61 bits per heavy atom. The highest BCUT2D eigenvalue weighted by Gasteiger charge is 2.00. The molecule has 18 heavy (non-hydrogen) atoms. The van der Waals surface area contributed by atoms with Crippen molar-refractivity contribution in [2.24, 2.45) is 0 Å². The summed E-state index contributed by atoms with van der Waals surface area (Å²) >= 11 is 0. The summed E-state index contributed by atoms with van der Waals surface area (Å²) < 4.78 is 16.0. The Labute approximate surface area is 107 Å². The normalized spacial score (nSPS) is 10.7. The van der Waals surface area contributed by atoms with Gasteiger partial charge in [0.1, 0.15) is 12.4 Å². The first kappa shape index (κ1) is 12.9. The lowest BCUT2D eigenvalue weighted by atomic mass is 10.1. The fourth-order valence-corrected chi connectivity index (χ4v) is 1.78. The van der Waals surface area contributed by atoms with Gasteiger partial charge in [-0.2, -0.15) is 0 Å². The van der Waals surface area contributed by atoms with Gasteiger partial charge in [0, 0.05) is 12.5 Å². The van der Waals surface area contributed by atoms with Crippen LogP contribution in [0, 0.1) is 0 Å². The van der Waals surface area contributed by atoms with Crippen LogP contribution in [-0.4, -0.2) is 33.5 Å². The van der Waals surface area contributed by atoms with Crippen molar-refractivity contribution in [1.29, 1.82) is 0 Å². The molecule has 0 radical (unpaired) electrons. The fourth-order valence-electron chi connectivity index (χ4n) is 1.78. The first-order valence-electron chi connectivity index (χ1n) is 6.09. The zero-order chi connectivity index (χ0) is 12.6. The zero-order valence-electron chi connectivity index (χ0n) is 10.6. The van der Waals surface area contributed by atoms with Gasteiger partial charge < -0.3 is 14.2 Å². The Bertz CT molecular complexity index is 477. The smallest absolute Gasteiger partial charge is 0.127 e. The number of hydrogen-bond acceptors (Lipinski definition) is 3. The summed E-state index contributed by atoms with van der Waals surface area (Å²) in [4.78, 5) is 0. The molecule has 0 bridgehead atoms. The highest BCUT2D eigenvalue weighted by atomic mass is 16.5. The molecule has 0 fully saturated rings. The summed E-state index contributed by atoms with van der Waals surface area (Å²) in [5, 5.41) is 2.33. The summed E-state index contributed by atoms with van der Waals surface area (Å²) in [6, 6.07) is 14.3. The molecular formula is C15H18O3. The van der Waals surface area contributed by atoms with Crippen LogP contribution in [0.5, 0.6) is 5.75 Å². The van der Waals surface area contributed by atoms with Gasteiger partial charge in [-0.3, -0.25) is 0 Å². The van der Waals surface area contributed by atoms with Crippen LogP contribution in [-0.2, 0) is 9.47 Å². The van der Waals surface area contributed by atoms with Crippen LogP contribution in [0.4, 0.5) is 0 Å². The number of rotatable bonds is 7. The average Bonchev–Trinajstić information content (AvgIpc) is 2.43. The van der Waals surface area contributed by atoms with Gasteiger partial charge >= 0.3 is 0 Å². The molecule has 0 aliphatic carbocycles. The topological polar surface area (TPSA) is 27.7 Å². The lowest BCUT2D eigenvalue weighted by Crippen LogP contribution is -2.10. The molecule has 2 aromatic rings. The van der Waals surface area contributed by atoms with E-state index < -0.39 is 0 Å². The van der Waals surface area contributed by atoms with Crippen LogP contribution in [0.3, 0.4) is 0 Å². The molecule has 0 aliphatic heterocycles. The van der Waals surface area contributed by atoms with Crippen molar-refractivity contribution in [3.63, 3.8) is 0 Å². The van der Waals surface area contributed by atoms with Crippen molar-refractivity contribution >= 4 is 10.8 Å². The second kappa shape index (κ2) is 6.99. The summed E-state index contributed by atoms with van der Waals surface area (Å²) in [5.74, 6) is 0.906. The highest BCUT2D eigenvalue weighted by molar-refractivity contribution is 5.88. The molecule has 2 rings (SSSR count). The predicted molar refractivity (Wildman–Crippen MR) is 72.1 cm³/mol. The van der Waals surface area contributed by atoms with Gasteiger partial charge in [-0.05, 0) is 11.5 Å². The monoisotopic (exact) mass is 246 g/mol. The van der Waals surface area contributed by atoms with E-state index in [1.165, 1.54) is 5.39 Å². The van der Waals surface area contributed by atoms with E-state index in [1.54, 1.807) is 7.11 Å². The minimum Gasteiger partial charge on any atom is -0.491 e. The second-order valence-corrected chi connectivity index (χ2v) is 3.93. The lowest BCUT2D eigenvalue weighted by Gasteiger charge is -2.09. The maximum atomic E-state index is 5.73. The van der Waals surface area contributed by atoms with Crippen LogP contribution in [0.1, 0.15) is 0 Å². The lowest BCUT2D eigenvalue weighted by molar-refractivity contribution is 0.0547. The number of ether oxygens (including phenoxy) is 3. The molecule has 0 aliphatic rings. The third kappa shape index (κ3) is 3.45. The minimum absolute atomic E-state index is 0.553. The van der Waals surface area contributed by atoms with Crippen LogP contribution < -0.4 is 4.74 Å². The summed E-state index contributed by atoms with van der Waals surface area (Å²) in [6.07, 6.45) is 0. The van der Waals surface area contributed by atoms with Crippen LogP contribution in [0.2, 0.25) is 0 Å². The molecule has 0 amide bonds. The van der Waals surface area contributed by atoms with Crippen molar-refractivity contribution in [2.45, 2.75) is 0 Å². The summed E-state index contributed by atoms with van der Waals surface area (Å²) in [6.45, 7) is 2.36. The summed E-state index contributed by atoms with van der Waals surface area (Å²) in [5.41, 5.74) is 0. The Kier molecular flexibility index (Phi) is 5.00. The van der Waals surface area contributed by atoms with Gasteiger partial charge in [0.05, 0.1) is 19.8 Å². The first-order chi connectivity index (χ1) is 8.92. The molecule has 96 valence electrons. The van der Waals surface area contributed by atoms with E-state index in [0.717, 1.165) is 11.1 Å². The molecule has 3 heteroatoms. The Morgan fingerprint density at radius 1 is 0.833 bits per heavy atom. The van der Waals surface area contributed by atoms with E-state index in [4.69, 9.17) is 14.2 Å². The van der Waals surface area contributed by atoms with E-state index in [0.29, 0.717) is 26.4 Å². The predicted octanol–water partition coefficient (Wildman–Crippen LogP) is 2.88. The molecule has 2 aromatic carbocycles. The third-order valence-corrected chi connectivity index (χ3v) is 2.67. The van der Waals surface area contributed by atoms with Crippen molar-refractivity contribution in [3.05, 3.63) is 42.5 Å². The standard InChI is InChI=1S/C15H18O3/c1-16-9-10-17-11-12-18-15-8-4-6-13-5-2-3-7-14(13)15/h2-8H,9-12H2,1H3. The average molecular weight is 246 g/mol. The van der Waals surface area contributed by atoms with Crippen molar-refractivity contribution in [3.8, 4) is 5.75 Å². The van der Waals surface area contributed by atoms with Gasteiger partial charge in [-0.15, -0.1) is 0 Å². The first-order valence-corrected chi connectivity index (χ1v) is 6.09. The van der Waals surface area contributed by atoms with Crippen molar-refractivity contribution in [2.75, 3.05) is 33.5 Å². The Balaban J connectivity index is 1.88. The molecule has 0 saturated carbocycles. The number of methoxy groups -OCH3 is 1. The van der Waals surface area contributed by atoms with Gasteiger partial charge in [0.2, 0.25) is 0 Å². The Morgan fingerprint density at radius 3 is 2.50 bits per heavy atom. The van der Waals surface area contributed by atoms with E-state index in [9.17, 15) is 0 Å². The number of fused-ring (bicyclic) bond motifs is 1. The second-order valence-electron chi connectivity index (χ2n) is 3.93. The van der Waals surface area contributed by atoms with Crippen LogP contribution in [0.15, 0.2) is 42.5 Å². The quantitative estimate of drug-likeness (QED) is 0.703. The molecule has 0 unspecified atom stereocenters. The molecule has 0 saturated heterocycles. The molecule has 0 heterocycles. The molecule has 0 N–H and O–H groups in total. The molecule has 0 atom stereocenters. The van der Waals surface area contributed by atoms with E-state index >= 15 is 0 Å². The van der Waals surface area contributed by atoms with Crippen molar-refractivity contribution in [1.82, 2.24) is 0 Å². The van der Waals surface area contributed by atoms with Crippen LogP contribution >= 0.6 is 0 Å². The minimum atomic E-state index is 0.553. The van der Waals surface area contributed by atoms with Gasteiger partial charge in [-0.25, -0.2) is 0 Å². The molecular weight excluding hydrogens is 228 g/mol. The van der Waals surface area contributed by atoms with E-state index in [2.05, 4.69) is 18.2 Å². The summed E-state index contributed by atoms with van der Waals surface area (Å²) in [7, 11) is 1.66. The highest BCUT2D eigenvalue weighted by Crippen LogP contribution is 2.24. The van der Waals surface area contributed by atoms with Gasteiger partial charge in [0.25, 0.3) is 0 Å². The number of benzene rings is 2. The largest absolute Gasteiger partial charge is 0.491 e. The Hall–Kier alpha value is -1.58. The van der Waals surface area contributed by atoms with E-state index in [1.807, 2.05) is 24.3 Å². The number of hydrogen-bond donors (Lipinski definition) is 0.